The number of benzene rings is 1. The van der Waals surface area contributed by atoms with Crippen molar-refractivity contribution in [3.63, 3.8) is 0 Å². The molecule has 2 rings (SSSR count). The molecule has 1 saturated carbocycles. The fourth-order valence-corrected chi connectivity index (χ4v) is 2.30. The molecule has 0 spiro atoms. The first-order valence-electron chi connectivity index (χ1n) is 5.86. The maximum atomic E-state index is 11.5. The smallest absolute Gasteiger partial charge is 0.309 e. The molecule has 1 aromatic rings. The van der Waals surface area contributed by atoms with Crippen LogP contribution < -0.4 is 0 Å². The Balaban J connectivity index is 2.08. The maximum Gasteiger partial charge on any atom is 0.309 e. The van der Waals surface area contributed by atoms with Crippen molar-refractivity contribution >= 4 is 5.97 Å². The van der Waals surface area contributed by atoms with Crippen molar-refractivity contribution in [3.8, 4) is 0 Å². The van der Waals surface area contributed by atoms with E-state index < -0.39 is 0 Å². The standard InChI is InChI=1S/C14H18O2/c1-4-16-14(15)13-8-12(13)11-6-9(2)5-10(3)7-11/h5-7,12-13H,4,8H2,1-3H3/t12-,13+/m0/s1. The number of hydrogen-bond donors (Lipinski definition) is 0. The normalized spacial score (nSPS) is 22.9. The zero-order chi connectivity index (χ0) is 11.7. The van der Waals surface area contributed by atoms with Crippen molar-refractivity contribution in [2.24, 2.45) is 5.92 Å². The second-order valence-electron chi connectivity index (χ2n) is 4.62. The topological polar surface area (TPSA) is 26.3 Å². The average molecular weight is 218 g/mol. The van der Waals surface area contributed by atoms with E-state index in [1.807, 2.05) is 6.92 Å². The molecule has 1 aliphatic carbocycles. The molecule has 0 radical (unpaired) electrons. The summed E-state index contributed by atoms with van der Waals surface area (Å²) in [6.07, 6.45) is 0.946. The highest BCUT2D eigenvalue weighted by molar-refractivity contribution is 5.77. The van der Waals surface area contributed by atoms with Gasteiger partial charge in [0.25, 0.3) is 0 Å². The van der Waals surface area contributed by atoms with Crippen LogP contribution in [0.4, 0.5) is 0 Å². The van der Waals surface area contributed by atoms with Crippen LogP contribution in [0.2, 0.25) is 0 Å². The van der Waals surface area contributed by atoms with E-state index >= 15 is 0 Å². The highest BCUT2D eigenvalue weighted by Crippen LogP contribution is 2.48. The molecule has 0 aromatic heterocycles. The Kier molecular flexibility index (Phi) is 2.99. The van der Waals surface area contributed by atoms with Gasteiger partial charge in [-0.2, -0.15) is 0 Å². The van der Waals surface area contributed by atoms with Crippen molar-refractivity contribution < 1.29 is 9.53 Å². The Morgan fingerprint density at radius 2 is 1.94 bits per heavy atom. The van der Waals surface area contributed by atoms with E-state index in [9.17, 15) is 4.79 Å². The SMILES string of the molecule is CCOC(=O)[C@@H]1C[C@H]1c1cc(C)cc(C)c1. The lowest BCUT2D eigenvalue weighted by molar-refractivity contribution is -0.144. The molecule has 0 unspecified atom stereocenters. The molecular formula is C14H18O2. The molecular weight excluding hydrogens is 200 g/mol. The van der Waals surface area contributed by atoms with E-state index in [1.165, 1.54) is 16.7 Å². The van der Waals surface area contributed by atoms with E-state index in [2.05, 4.69) is 32.0 Å². The molecule has 0 saturated heterocycles. The number of carbonyl (C=O) groups is 1. The molecule has 1 aliphatic rings. The summed E-state index contributed by atoms with van der Waals surface area (Å²) in [7, 11) is 0. The molecule has 2 heteroatoms. The highest BCUT2D eigenvalue weighted by atomic mass is 16.5. The lowest BCUT2D eigenvalue weighted by Gasteiger charge is -2.04. The van der Waals surface area contributed by atoms with Gasteiger partial charge in [0.2, 0.25) is 0 Å². The van der Waals surface area contributed by atoms with Gasteiger partial charge in [0.15, 0.2) is 0 Å². The Bertz CT molecular complexity index is 389. The van der Waals surface area contributed by atoms with Crippen LogP contribution in [0.5, 0.6) is 0 Å². The maximum absolute atomic E-state index is 11.5. The summed E-state index contributed by atoms with van der Waals surface area (Å²) in [4.78, 5) is 11.5. The van der Waals surface area contributed by atoms with Gasteiger partial charge in [-0.1, -0.05) is 29.3 Å². The van der Waals surface area contributed by atoms with Gasteiger partial charge >= 0.3 is 5.97 Å². The second-order valence-corrected chi connectivity index (χ2v) is 4.62. The van der Waals surface area contributed by atoms with Crippen LogP contribution in [0.15, 0.2) is 18.2 Å². The molecule has 0 aliphatic heterocycles. The number of esters is 1. The van der Waals surface area contributed by atoms with Crippen molar-refractivity contribution in [2.45, 2.75) is 33.1 Å². The molecule has 1 fully saturated rings. The third-order valence-corrected chi connectivity index (χ3v) is 3.05. The Labute approximate surface area is 96.6 Å². The molecule has 2 nitrogen and oxygen atoms in total. The zero-order valence-corrected chi connectivity index (χ0v) is 10.1. The number of rotatable bonds is 3. The number of hydrogen-bond acceptors (Lipinski definition) is 2. The molecule has 16 heavy (non-hydrogen) atoms. The van der Waals surface area contributed by atoms with E-state index in [0.717, 1.165) is 6.42 Å². The number of aryl methyl sites for hydroxylation is 2. The van der Waals surface area contributed by atoms with Crippen LogP contribution in [0.3, 0.4) is 0 Å². The van der Waals surface area contributed by atoms with E-state index in [-0.39, 0.29) is 11.9 Å². The van der Waals surface area contributed by atoms with Crippen LogP contribution in [-0.2, 0) is 9.53 Å². The van der Waals surface area contributed by atoms with E-state index in [4.69, 9.17) is 4.74 Å². The number of ether oxygens (including phenoxy) is 1. The largest absolute Gasteiger partial charge is 0.466 e. The van der Waals surface area contributed by atoms with Crippen LogP contribution in [-0.4, -0.2) is 12.6 Å². The Morgan fingerprint density at radius 3 is 2.50 bits per heavy atom. The van der Waals surface area contributed by atoms with Crippen LogP contribution >= 0.6 is 0 Å². The van der Waals surface area contributed by atoms with Crippen molar-refractivity contribution in [2.75, 3.05) is 6.61 Å². The fourth-order valence-electron chi connectivity index (χ4n) is 2.30. The van der Waals surface area contributed by atoms with E-state index in [0.29, 0.717) is 12.5 Å². The van der Waals surface area contributed by atoms with Crippen molar-refractivity contribution in [1.29, 1.82) is 0 Å². The predicted octanol–water partition coefficient (Wildman–Crippen LogP) is 2.97. The molecule has 1 aromatic carbocycles. The lowest BCUT2D eigenvalue weighted by Crippen LogP contribution is -2.07. The van der Waals surface area contributed by atoms with Crippen molar-refractivity contribution in [1.82, 2.24) is 0 Å². The van der Waals surface area contributed by atoms with Gasteiger partial charge in [-0.15, -0.1) is 0 Å². The van der Waals surface area contributed by atoms with Crippen LogP contribution in [0.25, 0.3) is 0 Å². The summed E-state index contributed by atoms with van der Waals surface area (Å²) in [6.45, 7) is 6.53. The fraction of sp³-hybridized carbons (Fsp3) is 0.500. The molecule has 0 amide bonds. The molecule has 0 heterocycles. The zero-order valence-electron chi connectivity index (χ0n) is 10.1. The molecule has 86 valence electrons. The van der Waals surface area contributed by atoms with Gasteiger partial charge in [0.05, 0.1) is 12.5 Å². The lowest BCUT2D eigenvalue weighted by atomic mass is 10.0. The van der Waals surface area contributed by atoms with Gasteiger partial charge in [0, 0.05) is 0 Å². The van der Waals surface area contributed by atoms with Gasteiger partial charge in [-0.3, -0.25) is 4.79 Å². The molecule has 2 atom stereocenters. The van der Waals surface area contributed by atoms with Crippen LogP contribution in [0, 0.1) is 19.8 Å². The summed E-state index contributed by atoms with van der Waals surface area (Å²) in [5.41, 5.74) is 3.82. The quantitative estimate of drug-likeness (QED) is 0.729. The van der Waals surface area contributed by atoms with Crippen LogP contribution in [0.1, 0.15) is 36.0 Å². The first-order valence-corrected chi connectivity index (χ1v) is 5.86. The van der Waals surface area contributed by atoms with Crippen molar-refractivity contribution in [3.05, 3.63) is 34.9 Å². The summed E-state index contributed by atoms with van der Waals surface area (Å²) in [5.74, 6) is 0.449. The van der Waals surface area contributed by atoms with Gasteiger partial charge in [-0.25, -0.2) is 0 Å². The first kappa shape index (κ1) is 11.2. The minimum atomic E-state index is -0.0355. The highest BCUT2D eigenvalue weighted by Gasteiger charge is 2.45. The minimum Gasteiger partial charge on any atom is -0.466 e. The predicted molar refractivity (Wildman–Crippen MR) is 63.4 cm³/mol. The van der Waals surface area contributed by atoms with Gasteiger partial charge in [-0.05, 0) is 38.7 Å². The molecule has 0 N–H and O–H groups in total. The number of carbonyl (C=O) groups excluding carboxylic acids is 1. The summed E-state index contributed by atoms with van der Waals surface area (Å²) < 4.78 is 5.04. The molecule has 0 bridgehead atoms. The Morgan fingerprint density at radius 1 is 1.31 bits per heavy atom. The van der Waals surface area contributed by atoms with Gasteiger partial charge in [0.1, 0.15) is 0 Å². The summed E-state index contributed by atoms with van der Waals surface area (Å²) >= 11 is 0. The second kappa shape index (κ2) is 4.28. The summed E-state index contributed by atoms with van der Waals surface area (Å²) in [6, 6.07) is 6.51. The van der Waals surface area contributed by atoms with E-state index in [1.54, 1.807) is 0 Å². The third-order valence-electron chi connectivity index (χ3n) is 3.05. The monoisotopic (exact) mass is 218 g/mol. The third kappa shape index (κ3) is 2.26. The van der Waals surface area contributed by atoms with Gasteiger partial charge < -0.3 is 4.74 Å². The minimum absolute atomic E-state index is 0.0355. The average Bonchev–Trinajstić information content (AvgIpc) is 2.95. The Hall–Kier alpha value is -1.31. The summed E-state index contributed by atoms with van der Waals surface area (Å²) in [5, 5.41) is 0. The first-order chi connectivity index (χ1) is 7.61.